The minimum Gasteiger partial charge on any atom is -0.495 e. The van der Waals surface area contributed by atoms with Crippen LogP contribution in [0.1, 0.15) is 11.1 Å². The van der Waals surface area contributed by atoms with Crippen LogP contribution >= 0.6 is 23.2 Å². The highest BCUT2D eigenvalue weighted by molar-refractivity contribution is 6.32. The van der Waals surface area contributed by atoms with E-state index in [9.17, 15) is 5.26 Å². The van der Waals surface area contributed by atoms with Crippen molar-refractivity contribution in [1.29, 1.82) is 5.26 Å². The summed E-state index contributed by atoms with van der Waals surface area (Å²) in [6.07, 6.45) is 1.76. The van der Waals surface area contributed by atoms with Crippen LogP contribution in [0.5, 0.6) is 5.75 Å². The molecule has 2 aromatic rings. The Morgan fingerprint density at radius 2 is 2.00 bits per heavy atom. The Morgan fingerprint density at radius 1 is 1.20 bits per heavy atom. The van der Waals surface area contributed by atoms with Crippen molar-refractivity contribution in [1.82, 2.24) is 0 Å². The molecule has 0 aliphatic heterocycles. The van der Waals surface area contributed by atoms with Gasteiger partial charge in [-0.2, -0.15) is 5.26 Å². The molecule has 2 nitrogen and oxygen atoms in total. The summed E-state index contributed by atoms with van der Waals surface area (Å²) in [6, 6.07) is 14.7. The molecule has 100 valence electrons. The molecular formula is C16H11Cl2NO. The number of allylic oxidation sites excluding steroid dienone is 1. The molecule has 4 heteroatoms. The normalized spacial score (nSPS) is 11.0. The predicted molar refractivity (Wildman–Crippen MR) is 82.9 cm³/mol. The third kappa shape index (κ3) is 3.33. The van der Waals surface area contributed by atoms with Crippen LogP contribution in [0.15, 0.2) is 42.5 Å². The van der Waals surface area contributed by atoms with Crippen molar-refractivity contribution in [3.63, 3.8) is 0 Å². The molecule has 0 saturated carbocycles. The van der Waals surface area contributed by atoms with Crippen molar-refractivity contribution in [2.75, 3.05) is 7.11 Å². The van der Waals surface area contributed by atoms with Crippen LogP contribution in [0.4, 0.5) is 0 Å². The zero-order chi connectivity index (χ0) is 14.5. The van der Waals surface area contributed by atoms with Gasteiger partial charge >= 0.3 is 0 Å². The van der Waals surface area contributed by atoms with E-state index in [0.29, 0.717) is 21.4 Å². The number of hydrogen-bond acceptors (Lipinski definition) is 2. The number of nitrogens with zero attached hydrogens (tertiary/aromatic N) is 1. The molecule has 0 aliphatic rings. The Kier molecular flexibility index (Phi) is 4.68. The van der Waals surface area contributed by atoms with E-state index < -0.39 is 0 Å². The van der Waals surface area contributed by atoms with Gasteiger partial charge in [-0.25, -0.2) is 0 Å². The molecule has 0 fully saturated rings. The first kappa shape index (κ1) is 14.5. The Labute approximate surface area is 127 Å². The second-order valence-electron chi connectivity index (χ2n) is 4.07. The zero-order valence-electron chi connectivity index (χ0n) is 10.7. The van der Waals surface area contributed by atoms with Crippen LogP contribution in [0.2, 0.25) is 10.0 Å². The van der Waals surface area contributed by atoms with Crippen LogP contribution < -0.4 is 4.74 Å². The number of nitriles is 1. The number of hydrogen-bond donors (Lipinski definition) is 0. The maximum atomic E-state index is 9.28. The SMILES string of the molecule is COc1ccc(/C=C(\C#N)c2cccc(Cl)c2)cc1Cl. The fourth-order valence-corrected chi connectivity index (χ4v) is 2.23. The van der Waals surface area contributed by atoms with Gasteiger partial charge in [0.05, 0.1) is 23.8 Å². The maximum absolute atomic E-state index is 9.28. The van der Waals surface area contributed by atoms with Crippen LogP contribution in [-0.2, 0) is 0 Å². The van der Waals surface area contributed by atoms with Crippen molar-refractivity contribution in [3.05, 3.63) is 63.6 Å². The van der Waals surface area contributed by atoms with Gasteiger partial charge in [-0.15, -0.1) is 0 Å². The molecule has 0 heterocycles. The van der Waals surface area contributed by atoms with E-state index in [2.05, 4.69) is 6.07 Å². The molecule has 0 spiro atoms. The van der Waals surface area contributed by atoms with E-state index in [1.54, 1.807) is 37.5 Å². The summed E-state index contributed by atoms with van der Waals surface area (Å²) >= 11 is 12.0. The van der Waals surface area contributed by atoms with Gasteiger partial charge in [0.15, 0.2) is 0 Å². The molecule has 0 radical (unpaired) electrons. The van der Waals surface area contributed by atoms with Gasteiger partial charge in [0.2, 0.25) is 0 Å². The summed E-state index contributed by atoms with van der Waals surface area (Å²) in [5, 5.41) is 10.4. The highest BCUT2D eigenvalue weighted by Crippen LogP contribution is 2.27. The second kappa shape index (κ2) is 6.47. The highest BCUT2D eigenvalue weighted by atomic mass is 35.5. The monoisotopic (exact) mass is 303 g/mol. The lowest BCUT2D eigenvalue weighted by Crippen LogP contribution is -1.85. The van der Waals surface area contributed by atoms with Gasteiger partial charge in [-0.1, -0.05) is 41.4 Å². The molecule has 0 bridgehead atoms. The topological polar surface area (TPSA) is 33.0 Å². The molecule has 2 rings (SSSR count). The Morgan fingerprint density at radius 3 is 2.60 bits per heavy atom. The van der Waals surface area contributed by atoms with Crippen molar-refractivity contribution in [3.8, 4) is 11.8 Å². The lowest BCUT2D eigenvalue weighted by atomic mass is 10.0. The first-order chi connectivity index (χ1) is 9.63. The Bertz CT molecular complexity index is 702. The van der Waals surface area contributed by atoms with E-state index in [4.69, 9.17) is 27.9 Å². The van der Waals surface area contributed by atoms with E-state index in [1.807, 2.05) is 18.2 Å². The van der Waals surface area contributed by atoms with Crippen LogP contribution in [0, 0.1) is 11.3 Å². The summed E-state index contributed by atoms with van der Waals surface area (Å²) in [4.78, 5) is 0. The van der Waals surface area contributed by atoms with E-state index >= 15 is 0 Å². The molecule has 0 unspecified atom stereocenters. The Balaban J connectivity index is 2.42. The quantitative estimate of drug-likeness (QED) is 0.586. The lowest BCUT2D eigenvalue weighted by Gasteiger charge is -2.04. The second-order valence-corrected chi connectivity index (χ2v) is 4.92. The average molecular weight is 304 g/mol. The number of methoxy groups -OCH3 is 1. The summed E-state index contributed by atoms with van der Waals surface area (Å²) in [6.45, 7) is 0. The average Bonchev–Trinajstić information content (AvgIpc) is 2.45. The van der Waals surface area contributed by atoms with Gasteiger partial charge in [0.1, 0.15) is 5.75 Å². The smallest absolute Gasteiger partial charge is 0.137 e. The summed E-state index contributed by atoms with van der Waals surface area (Å²) < 4.78 is 5.10. The van der Waals surface area contributed by atoms with Crippen molar-refractivity contribution in [2.24, 2.45) is 0 Å². The van der Waals surface area contributed by atoms with Crippen molar-refractivity contribution in [2.45, 2.75) is 0 Å². The predicted octanol–water partition coefficient (Wildman–Crippen LogP) is 5.07. The fraction of sp³-hybridized carbons (Fsp3) is 0.0625. The van der Waals surface area contributed by atoms with Gasteiger partial charge < -0.3 is 4.74 Å². The number of benzene rings is 2. The molecular weight excluding hydrogens is 293 g/mol. The maximum Gasteiger partial charge on any atom is 0.137 e. The van der Waals surface area contributed by atoms with Gasteiger partial charge in [-0.3, -0.25) is 0 Å². The van der Waals surface area contributed by atoms with E-state index in [0.717, 1.165) is 11.1 Å². The summed E-state index contributed by atoms with van der Waals surface area (Å²) in [5.74, 6) is 0.602. The van der Waals surface area contributed by atoms with Crippen LogP contribution in [0.25, 0.3) is 11.6 Å². The third-order valence-electron chi connectivity index (χ3n) is 2.74. The molecule has 0 aromatic heterocycles. The Hall–Kier alpha value is -1.95. The van der Waals surface area contributed by atoms with Gasteiger partial charge in [0, 0.05) is 5.02 Å². The zero-order valence-corrected chi connectivity index (χ0v) is 12.2. The third-order valence-corrected chi connectivity index (χ3v) is 3.27. The molecule has 0 N–H and O–H groups in total. The fourth-order valence-electron chi connectivity index (χ4n) is 1.78. The highest BCUT2D eigenvalue weighted by Gasteiger charge is 2.04. The van der Waals surface area contributed by atoms with E-state index in [-0.39, 0.29) is 0 Å². The molecule has 20 heavy (non-hydrogen) atoms. The minimum absolute atomic E-state index is 0.504. The van der Waals surface area contributed by atoms with Gasteiger partial charge in [0.25, 0.3) is 0 Å². The summed E-state index contributed by atoms with van der Waals surface area (Å²) in [7, 11) is 1.56. The largest absolute Gasteiger partial charge is 0.495 e. The molecule has 2 aromatic carbocycles. The van der Waals surface area contributed by atoms with Crippen LogP contribution in [-0.4, -0.2) is 7.11 Å². The first-order valence-corrected chi connectivity index (χ1v) is 6.61. The van der Waals surface area contributed by atoms with Crippen molar-refractivity contribution < 1.29 is 4.74 Å². The van der Waals surface area contributed by atoms with Crippen LogP contribution in [0.3, 0.4) is 0 Å². The number of ether oxygens (including phenoxy) is 1. The minimum atomic E-state index is 0.504. The van der Waals surface area contributed by atoms with Gasteiger partial charge in [-0.05, 0) is 41.5 Å². The van der Waals surface area contributed by atoms with E-state index in [1.165, 1.54) is 0 Å². The number of halogens is 2. The molecule has 0 atom stereocenters. The first-order valence-electron chi connectivity index (χ1n) is 5.85. The number of rotatable bonds is 3. The lowest BCUT2D eigenvalue weighted by molar-refractivity contribution is 0.415. The summed E-state index contributed by atoms with van der Waals surface area (Å²) in [5.41, 5.74) is 2.12. The molecule has 0 amide bonds. The standard InChI is InChI=1S/C16H11Cl2NO/c1-20-16-6-5-11(8-15(16)18)7-13(10-19)12-3-2-4-14(17)9-12/h2-9H,1H3/b13-7+. The molecule has 0 saturated heterocycles. The van der Waals surface area contributed by atoms with Crippen molar-refractivity contribution >= 4 is 34.9 Å². The molecule has 0 aliphatic carbocycles.